The Labute approximate surface area is 224 Å². The Hall–Kier alpha value is -4.00. The first kappa shape index (κ1) is 24.7. The van der Waals surface area contributed by atoms with E-state index in [0.29, 0.717) is 11.1 Å². The molecule has 0 fully saturated rings. The topological polar surface area (TPSA) is 37.9 Å². The fraction of sp³-hybridized carbons (Fsp3) is 0.0968. The molecule has 0 atom stereocenters. The molecule has 4 nitrogen and oxygen atoms in total. The molecule has 5 aromatic rings. The molecule has 0 aliphatic heterocycles. The molecule has 3 aromatic carbocycles. The van der Waals surface area contributed by atoms with E-state index >= 15 is 0 Å². The summed E-state index contributed by atoms with van der Waals surface area (Å²) in [4.78, 5) is 14.5. The third-order valence-corrected chi connectivity index (χ3v) is 8.24. The fourth-order valence-electron chi connectivity index (χ4n) is 4.26. The molecule has 0 aliphatic carbocycles. The van der Waals surface area contributed by atoms with E-state index in [9.17, 15) is 4.79 Å². The van der Waals surface area contributed by atoms with Crippen molar-refractivity contribution < 1.29 is 4.57 Å². The maximum atomic E-state index is 13.3. The highest BCUT2D eigenvalue weighted by Crippen LogP contribution is 2.35. The van der Waals surface area contributed by atoms with E-state index in [1.807, 2.05) is 42.5 Å². The zero-order chi connectivity index (χ0) is 25.6. The number of nitrogens with zero attached hydrogens (tertiary/aromatic N) is 2. The first-order valence-electron chi connectivity index (χ1n) is 12.2. The molecular formula is C31H28N3OS2+. The Balaban J connectivity index is 1.70. The van der Waals surface area contributed by atoms with Crippen molar-refractivity contribution in [1.29, 1.82) is 0 Å². The van der Waals surface area contributed by atoms with E-state index in [-0.39, 0.29) is 5.56 Å². The number of allylic oxidation sites excluding steroid dienone is 1. The molecule has 0 saturated heterocycles. The molecule has 2 heterocycles. The maximum absolute atomic E-state index is 13.3. The van der Waals surface area contributed by atoms with Crippen LogP contribution >= 0.6 is 22.7 Å². The molecule has 2 aromatic heterocycles. The molecular weight excluding hydrogens is 494 g/mol. The number of rotatable bonds is 8. The summed E-state index contributed by atoms with van der Waals surface area (Å²) in [6, 6.07) is 30.9. The van der Waals surface area contributed by atoms with E-state index < -0.39 is 0 Å². The van der Waals surface area contributed by atoms with Crippen LogP contribution in [0.2, 0.25) is 0 Å². The lowest BCUT2D eigenvalue weighted by Crippen LogP contribution is -2.37. The Kier molecular flexibility index (Phi) is 7.59. The lowest BCUT2D eigenvalue weighted by Gasteiger charge is -2.02. The van der Waals surface area contributed by atoms with Gasteiger partial charge >= 0.3 is 0 Å². The van der Waals surface area contributed by atoms with Crippen molar-refractivity contribution in [2.45, 2.75) is 20.0 Å². The average molecular weight is 523 g/mol. The molecule has 1 N–H and O–H groups in total. The van der Waals surface area contributed by atoms with Crippen LogP contribution in [0.15, 0.2) is 108 Å². The van der Waals surface area contributed by atoms with Gasteiger partial charge in [0.2, 0.25) is 5.69 Å². The summed E-state index contributed by atoms with van der Waals surface area (Å²) in [6.07, 6.45) is 5.71. The summed E-state index contributed by atoms with van der Waals surface area (Å²) in [5.74, 6) is 0. The molecule has 6 heteroatoms. The van der Waals surface area contributed by atoms with Crippen LogP contribution < -0.4 is 24.6 Å². The first-order chi connectivity index (χ1) is 18.2. The third-order valence-electron chi connectivity index (χ3n) is 6.00. The van der Waals surface area contributed by atoms with Crippen LogP contribution in [0.3, 0.4) is 0 Å². The van der Waals surface area contributed by atoms with Gasteiger partial charge in [-0.1, -0.05) is 84.1 Å². The van der Waals surface area contributed by atoms with E-state index in [1.54, 1.807) is 28.2 Å². The van der Waals surface area contributed by atoms with Gasteiger partial charge in [0, 0.05) is 24.0 Å². The van der Waals surface area contributed by atoms with Crippen molar-refractivity contribution in [3.63, 3.8) is 0 Å². The normalized spacial score (nSPS) is 12.1. The average Bonchev–Trinajstić information content (AvgIpc) is 3.46. The summed E-state index contributed by atoms with van der Waals surface area (Å²) in [6.45, 7) is 7.31. The summed E-state index contributed by atoms with van der Waals surface area (Å²) in [7, 11) is 0. The Morgan fingerprint density at radius 1 is 0.892 bits per heavy atom. The van der Waals surface area contributed by atoms with Crippen LogP contribution in [0.5, 0.6) is 0 Å². The van der Waals surface area contributed by atoms with Crippen LogP contribution in [0.25, 0.3) is 34.0 Å². The zero-order valence-electron chi connectivity index (χ0n) is 20.6. The van der Waals surface area contributed by atoms with Crippen LogP contribution in [0.4, 0.5) is 5.69 Å². The molecule has 0 amide bonds. The van der Waals surface area contributed by atoms with E-state index in [1.165, 1.54) is 33.0 Å². The van der Waals surface area contributed by atoms with Gasteiger partial charge in [-0.15, -0.1) is 17.9 Å². The molecule has 5 rings (SSSR count). The molecule has 0 bridgehead atoms. The summed E-state index contributed by atoms with van der Waals surface area (Å²) in [5, 5.41) is 4.36. The van der Waals surface area contributed by atoms with Crippen molar-refractivity contribution in [3.8, 4) is 21.7 Å². The van der Waals surface area contributed by atoms with Crippen molar-refractivity contribution in [2.75, 3.05) is 5.32 Å². The lowest BCUT2D eigenvalue weighted by atomic mass is 10.1. The number of hydrogen-bond donors (Lipinski definition) is 1. The summed E-state index contributed by atoms with van der Waals surface area (Å²) < 4.78 is 5.69. The number of anilines is 1. The fourth-order valence-corrected chi connectivity index (χ4v) is 6.61. The second-order valence-electron chi connectivity index (χ2n) is 8.40. The van der Waals surface area contributed by atoms with Gasteiger partial charge < -0.3 is 5.32 Å². The van der Waals surface area contributed by atoms with Crippen molar-refractivity contribution >= 4 is 40.6 Å². The number of hydrogen-bond acceptors (Lipinski definition) is 4. The summed E-state index contributed by atoms with van der Waals surface area (Å²) >= 11 is 3.24. The van der Waals surface area contributed by atoms with Crippen molar-refractivity contribution in [1.82, 2.24) is 4.57 Å². The van der Waals surface area contributed by atoms with Gasteiger partial charge in [0.05, 0.1) is 6.08 Å². The quantitative estimate of drug-likeness (QED) is 0.217. The highest BCUT2D eigenvalue weighted by atomic mass is 32.1. The summed E-state index contributed by atoms with van der Waals surface area (Å²) in [5.41, 5.74) is 4.47. The van der Waals surface area contributed by atoms with Crippen LogP contribution in [0, 0.1) is 0 Å². The SMILES string of the molecule is C=CCn1c(=O)c(=CNc2ccccc2)s/c1=C/c1sc(-c2ccccc2)c(-c2ccccc2)[n+]1CC. The molecule has 0 saturated carbocycles. The van der Waals surface area contributed by atoms with E-state index in [0.717, 1.165) is 21.9 Å². The number of aromatic nitrogens is 2. The van der Waals surface area contributed by atoms with Crippen LogP contribution in [0.1, 0.15) is 11.9 Å². The predicted molar refractivity (Wildman–Crippen MR) is 157 cm³/mol. The highest BCUT2D eigenvalue weighted by molar-refractivity contribution is 7.16. The second kappa shape index (κ2) is 11.4. The maximum Gasteiger partial charge on any atom is 0.270 e. The minimum Gasteiger partial charge on any atom is -0.360 e. The first-order valence-corrected chi connectivity index (χ1v) is 13.8. The van der Waals surface area contributed by atoms with Gasteiger partial charge in [-0.3, -0.25) is 9.36 Å². The zero-order valence-corrected chi connectivity index (χ0v) is 22.3. The Bertz CT molecular complexity index is 1680. The largest absolute Gasteiger partial charge is 0.360 e. The molecule has 0 spiro atoms. The van der Waals surface area contributed by atoms with Gasteiger partial charge in [0.25, 0.3) is 10.6 Å². The van der Waals surface area contributed by atoms with Gasteiger partial charge in [0.1, 0.15) is 20.6 Å². The van der Waals surface area contributed by atoms with Gasteiger partial charge in [0.15, 0.2) is 0 Å². The smallest absolute Gasteiger partial charge is 0.270 e. The standard InChI is InChI=1S/C31H27N3OS2/c1-3-20-34-28(36-26(31(34)35)22-32-25-18-12-7-13-19-25)21-27-33(4-2)29(23-14-8-5-9-15-23)30(37-27)24-16-10-6-11-17-24/h3,5-19,21-22H,1,4,20H2,2H3/p+1. The highest BCUT2D eigenvalue weighted by Gasteiger charge is 2.27. The minimum atomic E-state index is -0.0225. The van der Waals surface area contributed by atoms with E-state index in [4.69, 9.17) is 0 Å². The predicted octanol–water partition coefficient (Wildman–Crippen LogP) is 5.48. The van der Waals surface area contributed by atoms with Gasteiger partial charge in [-0.2, -0.15) is 4.57 Å². The number of para-hydroxylation sites is 1. The minimum absolute atomic E-state index is 0.0225. The molecule has 0 radical (unpaired) electrons. The molecule has 0 aliphatic rings. The van der Waals surface area contributed by atoms with Crippen molar-refractivity contribution in [2.24, 2.45) is 0 Å². The van der Waals surface area contributed by atoms with Gasteiger partial charge in [-0.25, -0.2) is 0 Å². The van der Waals surface area contributed by atoms with E-state index in [2.05, 4.69) is 78.0 Å². The molecule has 37 heavy (non-hydrogen) atoms. The lowest BCUT2D eigenvalue weighted by molar-refractivity contribution is -0.679. The Morgan fingerprint density at radius 2 is 1.51 bits per heavy atom. The molecule has 184 valence electrons. The van der Waals surface area contributed by atoms with Gasteiger partial charge in [-0.05, 0) is 36.8 Å². The third kappa shape index (κ3) is 5.26. The number of thiazole rings is 2. The van der Waals surface area contributed by atoms with Crippen LogP contribution in [-0.2, 0) is 13.1 Å². The van der Waals surface area contributed by atoms with Crippen LogP contribution in [-0.4, -0.2) is 4.57 Å². The van der Waals surface area contributed by atoms with Crippen molar-refractivity contribution in [3.05, 3.63) is 128 Å². The second-order valence-corrected chi connectivity index (χ2v) is 10.5. The monoisotopic (exact) mass is 522 g/mol. The molecule has 0 unspecified atom stereocenters. The number of benzene rings is 3. The Morgan fingerprint density at radius 3 is 2.14 bits per heavy atom. The number of nitrogens with one attached hydrogen (secondary N) is 1.